The molecule has 0 saturated carbocycles. The first-order chi connectivity index (χ1) is 15.0. The van der Waals surface area contributed by atoms with Crippen LogP contribution in [-0.2, 0) is 4.79 Å². The summed E-state index contributed by atoms with van der Waals surface area (Å²) in [4.78, 5) is 34.5. The maximum atomic E-state index is 13.2. The molecule has 0 unspecified atom stereocenters. The number of thioether (sulfide) groups is 1. The Morgan fingerprint density at radius 1 is 1.06 bits per heavy atom. The molecule has 4 aromatic rings. The van der Waals surface area contributed by atoms with Crippen molar-refractivity contribution in [3.8, 4) is 5.69 Å². The first-order valence-corrected chi connectivity index (χ1v) is 11.0. The molecule has 0 aliphatic carbocycles. The zero-order chi connectivity index (χ0) is 21.8. The van der Waals surface area contributed by atoms with E-state index in [0.717, 1.165) is 5.69 Å². The molecular formula is C24H22N4O2S. The molecule has 0 radical (unpaired) electrons. The lowest BCUT2D eigenvalue weighted by Gasteiger charge is -2.13. The van der Waals surface area contributed by atoms with Gasteiger partial charge in [-0.3, -0.25) is 19.1 Å². The van der Waals surface area contributed by atoms with Crippen LogP contribution < -0.4 is 10.9 Å². The second-order valence-electron chi connectivity index (χ2n) is 7.38. The van der Waals surface area contributed by atoms with Crippen LogP contribution in [0.5, 0.6) is 0 Å². The Balaban J connectivity index is 1.59. The number of hydrogen-bond acceptors (Lipinski definition) is 5. The molecule has 0 bridgehead atoms. The van der Waals surface area contributed by atoms with Crippen molar-refractivity contribution >= 4 is 34.3 Å². The fraction of sp³-hybridized carbons (Fsp3) is 0.167. The third-order valence-electron chi connectivity index (χ3n) is 4.84. The average molecular weight is 431 g/mol. The number of nitrogens with one attached hydrogen (secondary N) is 1. The summed E-state index contributed by atoms with van der Waals surface area (Å²) in [5.74, 6) is 0.391. The maximum Gasteiger partial charge on any atom is 0.266 e. The Morgan fingerprint density at radius 3 is 2.55 bits per heavy atom. The van der Waals surface area contributed by atoms with E-state index in [-0.39, 0.29) is 17.2 Å². The molecule has 2 heterocycles. The number of anilines is 1. The van der Waals surface area contributed by atoms with Gasteiger partial charge in [0.15, 0.2) is 5.16 Å². The number of hydrogen-bond donors (Lipinski definition) is 1. The van der Waals surface area contributed by atoms with Gasteiger partial charge in [-0.1, -0.05) is 49.9 Å². The number of nitrogens with zero attached hydrogens (tertiary/aromatic N) is 3. The molecule has 0 spiro atoms. The lowest BCUT2D eigenvalue weighted by molar-refractivity contribution is -0.113. The summed E-state index contributed by atoms with van der Waals surface area (Å²) >= 11 is 1.22. The Bertz CT molecular complexity index is 1270. The van der Waals surface area contributed by atoms with E-state index in [1.807, 2.05) is 36.4 Å². The molecule has 31 heavy (non-hydrogen) atoms. The van der Waals surface area contributed by atoms with Gasteiger partial charge in [-0.2, -0.15) is 0 Å². The summed E-state index contributed by atoms with van der Waals surface area (Å²) in [6.07, 6.45) is 3.26. The number of rotatable bonds is 6. The van der Waals surface area contributed by atoms with Crippen LogP contribution in [0.2, 0.25) is 0 Å². The van der Waals surface area contributed by atoms with E-state index in [2.05, 4.69) is 29.1 Å². The molecule has 0 atom stereocenters. The van der Waals surface area contributed by atoms with Crippen LogP contribution >= 0.6 is 11.8 Å². The van der Waals surface area contributed by atoms with Gasteiger partial charge in [-0.05, 0) is 47.9 Å². The van der Waals surface area contributed by atoms with Gasteiger partial charge in [0.2, 0.25) is 5.91 Å². The normalized spacial score (nSPS) is 11.1. The second kappa shape index (κ2) is 9.14. The highest BCUT2D eigenvalue weighted by molar-refractivity contribution is 7.99. The Labute approximate surface area is 184 Å². The largest absolute Gasteiger partial charge is 0.325 e. The predicted molar refractivity (Wildman–Crippen MR) is 125 cm³/mol. The second-order valence-corrected chi connectivity index (χ2v) is 8.32. The zero-order valence-corrected chi connectivity index (χ0v) is 18.1. The van der Waals surface area contributed by atoms with E-state index in [4.69, 9.17) is 0 Å². The Hall–Kier alpha value is -3.45. The summed E-state index contributed by atoms with van der Waals surface area (Å²) in [5.41, 5.74) is 2.97. The van der Waals surface area contributed by atoms with Gasteiger partial charge < -0.3 is 5.32 Å². The Morgan fingerprint density at radius 2 is 1.84 bits per heavy atom. The number of carbonyl (C=O) groups is 1. The molecule has 0 aliphatic heterocycles. The van der Waals surface area contributed by atoms with Crippen molar-refractivity contribution in [1.29, 1.82) is 0 Å². The van der Waals surface area contributed by atoms with E-state index in [1.54, 1.807) is 36.7 Å². The molecule has 7 heteroatoms. The minimum Gasteiger partial charge on any atom is -0.325 e. The van der Waals surface area contributed by atoms with Crippen molar-refractivity contribution in [2.45, 2.75) is 24.9 Å². The van der Waals surface area contributed by atoms with Crippen molar-refractivity contribution in [2.24, 2.45) is 0 Å². The molecule has 4 rings (SSSR count). The van der Waals surface area contributed by atoms with E-state index in [0.29, 0.717) is 27.7 Å². The molecule has 0 fully saturated rings. The number of pyridine rings is 1. The fourth-order valence-corrected chi connectivity index (χ4v) is 4.01. The summed E-state index contributed by atoms with van der Waals surface area (Å²) in [6.45, 7) is 4.26. The number of aromatic nitrogens is 3. The lowest BCUT2D eigenvalue weighted by atomic mass is 10.0. The quantitative estimate of drug-likeness (QED) is 0.356. The fourth-order valence-electron chi connectivity index (χ4n) is 3.20. The van der Waals surface area contributed by atoms with E-state index in [9.17, 15) is 9.59 Å². The van der Waals surface area contributed by atoms with Crippen molar-refractivity contribution in [3.05, 3.63) is 89.0 Å². The first kappa shape index (κ1) is 20.8. The third-order valence-corrected chi connectivity index (χ3v) is 5.78. The van der Waals surface area contributed by atoms with Crippen molar-refractivity contribution < 1.29 is 4.79 Å². The standard InChI is InChI=1S/C24H22N4O2S/c1-16(2)17-9-11-18(12-10-17)26-22(29)15-31-24-27-21-8-4-3-7-20(21)23(30)28(24)19-6-5-13-25-14-19/h3-14,16H,15H2,1-2H3,(H,26,29). The van der Waals surface area contributed by atoms with Gasteiger partial charge in [-0.15, -0.1) is 0 Å². The van der Waals surface area contributed by atoms with Gasteiger partial charge in [0.05, 0.1) is 28.5 Å². The first-order valence-electron chi connectivity index (χ1n) is 9.98. The van der Waals surface area contributed by atoms with Crippen molar-refractivity contribution in [2.75, 3.05) is 11.1 Å². The monoisotopic (exact) mass is 430 g/mol. The molecule has 1 N–H and O–H groups in total. The summed E-state index contributed by atoms with van der Waals surface area (Å²) < 4.78 is 1.50. The summed E-state index contributed by atoms with van der Waals surface area (Å²) in [5, 5.41) is 3.87. The molecule has 0 aliphatic rings. The molecule has 2 aromatic heterocycles. The van der Waals surface area contributed by atoms with E-state index in [1.165, 1.54) is 21.9 Å². The van der Waals surface area contributed by atoms with Gasteiger partial charge in [-0.25, -0.2) is 4.98 Å². The molecule has 6 nitrogen and oxygen atoms in total. The zero-order valence-electron chi connectivity index (χ0n) is 17.3. The van der Waals surface area contributed by atoms with Gasteiger partial charge in [0.25, 0.3) is 5.56 Å². The number of benzene rings is 2. The van der Waals surface area contributed by atoms with E-state index >= 15 is 0 Å². The average Bonchev–Trinajstić information content (AvgIpc) is 2.79. The topological polar surface area (TPSA) is 76.9 Å². The summed E-state index contributed by atoms with van der Waals surface area (Å²) in [7, 11) is 0. The van der Waals surface area contributed by atoms with Crippen LogP contribution in [0.25, 0.3) is 16.6 Å². The van der Waals surface area contributed by atoms with Crippen LogP contribution in [0, 0.1) is 0 Å². The highest BCUT2D eigenvalue weighted by atomic mass is 32.2. The maximum absolute atomic E-state index is 13.2. The molecular weight excluding hydrogens is 408 g/mol. The SMILES string of the molecule is CC(C)c1ccc(NC(=O)CSc2nc3ccccc3c(=O)n2-c2cccnc2)cc1. The Kier molecular flexibility index (Phi) is 6.13. The van der Waals surface area contributed by atoms with Crippen LogP contribution in [0.15, 0.2) is 83.0 Å². The molecule has 0 saturated heterocycles. The highest BCUT2D eigenvalue weighted by Gasteiger charge is 2.15. The number of para-hydroxylation sites is 1. The van der Waals surface area contributed by atoms with Crippen molar-refractivity contribution in [1.82, 2.24) is 14.5 Å². The van der Waals surface area contributed by atoms with Crippen LogP contribution in [0.1, 0.15) is 25.3 Å². The van der Waals surface area contributed by atoms with Crippen LogP contribution in [-0.4, -0.2) is 26.2 Å². The summed E-state index contributed by atoms with van der Waals surface area (Å²) in [6, 6.07) is 18.6. The minimum absolute atomic E-state index is 0.122. The van der Waals surface area contributed by atoms with E-state index < -0.39 is 0 Å². The highest BCUT2D eigenvalue weighted by Crippen LogP contribution is 2.22. The number of carbonyl (C=O) groups excluding carboxylic acids is 1. The van der Waals surface area contributed by atoms with Crippen molar-refractivity contribution in [3.63, 3.8) is 0 Å². The molecule has 1 amide bonds. The smallest absolute Gasteiger partial charge is 0.266 e. The van der Waals surface area contributed by atoms with Gasteiger partial charge in [0.1, 0.15) is 0 Å². The molecule has 156 valence electrons. The van der Waals surface area contributed by atoms with Crippen LogP contribution in [0.3, 0.4) is 0 Å². The molecule has 2 aromatic carbocycles. The van der Waals surface area contributed by atoms with Gasteiger partial charge in [0, 0.05) is 11.9 Å². The lowest BCUT2D eigenvalue weighted by Crippen LogP contribution is -2.23. The third kappa shape index (κ3) is 4.67. The number of fused-ring (bicyclic) bond motifs is 1. The van der Waals surface area contributed by atoms with Crippen LogP contribution in [0.4, 0.5) is 5.69 Å². The predicted octanol–water partition coefficient (Wildman–Crippen LogP) is 4.63. The van der Waals surface area contributed by atoms with Gasteiger partial charge >= 0.3 is 0 Å². The minimum atomic E-state index is -0.189. The number of amides is 1.